The van der Waals surface area contributed by atoms with Gasteiger partial charge in [0.15, 0.2) is 6.10 Å². The molecular formula is C58H104NO8P. The van der Waals surface area contributed by atoms with Crippen LogP contribution in [-0.2, 0) is 32.7 Å². The minimum atomic E-state index is -4.65. The lowest BCUT2D eigenvalue weighted by Gasteiger charge is -2.28. The number of phosphoric acid groups is 1. The summed E-state index contributed by atoms with van der Waals surface area (Å²) in [6.45, 7) is 4.03. The van der Waals surface area contributed by atoms with Gasteiger partial charge in [-0.15, -0.1) is 0 Å². The molecule has 0 N–H and O–H groups in total. The highest BCUT2D eigenvalue weighted by atomic mass is 31.2. The Labute approximate surface area is 418 Å². The molecule has 0 aromatic carbocycles. The van der Waals surface area contributed by atoms with E-state index >= 15 is 0 Å². The van der Waals surface area contributed by atoms with E-state index in [0.29, 0.717) is 17.4 Å². The monoisotopic (exact) mass is 974 g/mol. The molecule has 0 bridgehead atoms. The summed E-state index contributed by atoms with van der Waals surface area (Å²) >= 11 is 0. The van der Waals surface area contributed by atoms with E-state index in [1.54, 1.807) is 0 Å². The number of carbonyl (C=O) groups is 2. The quantitative estimate of drug-likeness (QED) is 0.0195. The fourth-order valence-corrected chi connectivity index (χ4v) is 8.19. The van der Waals surface area contributed by atoms with Gasteiger partial charge in [0.05, 0.1) is 27.7 Å². The predicted octanol–water partition coefficient (Wildman–Crippen LogP) is 16.3. The summed E-state index contributed by atoms with van der Waals surface area (Å²) in [7, 11) is 1.12. The maximum absolute atomic E-state index is 12.7. The van der Waals surface area contributed by atoms with Crippen LogP contribution < -0.4 is 4.89 Å². The Kier molecular flexibility index (Phi) is 47.6. The number of esters is 2. The van der Waals surface area contributed by atoms with E-state index in [0.717, 1.165) is 51.4 Å². The molecule has 2 atom stereocenters. The zero-order valence-electron chi connectivity index (χ0n) is 44.5. The summed E-state index contributed by atoms with van der Waals surface area (Å²) in [5.74, 6) is -0.926. The number of hydrogen-bond donors (Lipinski definition) is 0. The van der Waals surface area contributed by atoms with E-state index in [1.807, 2.05) is 33.3 Å². The van der Waals surface area contributed by atoms with Gasteiger partial charge in [0.1, 0.15) is 19.8 Å². The van der Waals surface area contributed by atoms with Crippen LogP contribution in [-0.4, -0.2) is 70.0 Å². The van der Waals surface area contributed by atoms with Gasteiger partial charge in [0, 0.05) is 12.8 Å². The molecule has 0 saturated carbocycles. The zero-order valence-corrected chi connectivity index (χ0v) is 45.4. The first-order valence-corrected chi connectivity index (χ1v) is 29.1. The van der Waals surface area contributed by atoms with E-state index in [1.165, 1.54) is 148 Å². The van der Waals surface area contributed by atoms with Crippen molar-refractivity contribution in [2.75, 3.05) is 47.5 Å². The van der Waals surface area contributed by atoms with Gasteiger partial charge >= 0.3 is 11.9 Å². The molecular weight excluding hydrogens is 870 g/mol. The zero-order chi connectivity index (χ0) is 49.9. The molecule has 0 rings (SSSR count). The Morgan fingerprint density at radius 2 is 0.868 bits per heavy atom. The Morgan fingerprint density at radius 3 is 1.31 bits per heavy atom. The van der Waals surface area contributed by atoms with Crippen molar-refractivity contribution in [3.05, 3.63) is 72.9 Å². The smallest absolute Gasteiger partial charge is 0.306 e. The molecule has 0 aromatic heterocycles. The Bertz CT molecular complexity index is 1380. The molecule has 0 spiro atoms. The maximum atomic E-state index is 12.7. The van der Waals surface area contributed by atoms with Crippen LogP contribution in [0.25, 0.3) is 0 Å². The number of carbonyl (C=O) groups excluding carboxylic acids is 2. The first-order valence-electron chi connectivity index (χ1n) is 27.6. The number of allylic oxidation sites excluding steroid dienone is 12. The molecule has 10 heteroatoms. The maximum Gasteiger partial charge on any atom is 0.306 e. The van der Waals surface area contributed by atoms with E-state index in [4.69, 9.17) is 18.5 Å². The van der Waals surface area contributed by atoms with Crippen LogP contribution in [0.15, 0.2) is 72.9 Å². The van der Waals surface area contributed by atoms with Gasteiger partial charge in [-0.2, -0.15) is 0 Å². The van der Waals surface area contributed by atoms with Crippen molar-refractivity contribution in [3.8, 4) is 0 Å². The molecule has 9 nitrogen and oxygen atoms in total. The largest absolute Gasteiger partial charge is 0.756 e. The van der Waals surface area contributed by atoms with Gasteiger partial charge in [-0.05, 0) is 70.6 Å². The molecule has 0 heterocycles. The van der Waals surface area contributed by atoms with Gasteiger partial charge in [0.2, 0.25) is 0 Å². The van der Waals surface area contributed by atoms with E-state index in [9.17, 15) is 19.0 Å². The Hall–Kier alpha value is -2.55. The molecule has 0 saturated heterocycles. The number of nitrogens with zero attached hydrogens (tertiary/aromatic N) is 1. The second-order valence-electron chi connectivity index (χ2n) is 19.6. The average molecular weight is 974 g/mol. The highest BCUT2D eigenvalue weighted by molar-refractivity contribution is 7.45. The lowest BCUT2D eigenvalue weighted by atomic mass is 10.0. The van der Waals surface area contributed by atoms with Crippen molar-refractivity contribution in [1.29, 1.82) is 0 Å². The van der Waals surface area contributed by atoms with Crippen LogP contribution in [0.4, 0.5) is 0 Å². The van der Waals surface area contributed by atoms with Crippen LogP contribution in [0.1, 0.15) is 232 Å². The van der Waals surface area contributed by atoms with Gasteiger partial charge in [-0.3, -0.25) is 14.2 Å². The molecule has 0 aliphatic carbocycles. The van der Waals surface area contributed by atoms with Crippen molar-refractivity contribution < 1.29 is 42.1 Å². The molecule has 0 aliphatic heterocycles. The number of likely N-dealkylation sites (N-methyl/N-ethyl adjacent to an activating group) is 1. The first kappa shape index (κ1) is 65.5. The SMILES string of the molecule is CC/C=C\C/C=C\C/C=C\C/C=C\CCC(=O)OC(COC(=O)CCCCCCCCCCCCCCCCCCCCC/C=C\C/C=C\CCCCCCC)COP(=O)([O-])OCC[N+](C)(C)C. The highest BCUT2D eigenvalue weighted by Gasteiger charge is 2.21. The summed E-state index contributed by atoms with van der Waals surface area (Å²) < 4.78 is 33.9. The van der Waals surface area contributed by atoms with Crippen LogP contribution in [0.3, 0.4) is 0 Å². The fourth-order valence-electron chi connectivity index (χ4n) is 7.47. The standard InChI is InChI=1S/C58H104NO8P/c1-6-8-10-12-14-16-18-20-21-22-23-24-25-26-27-28-29-30-31-32-33-34-35-36-37-39-40-42-44-46-48-50-57(60)64-54-56(55-66-68(62,63)65-53-52-59(3,4)5)67-58(61)51-49-47-45-43-41-38-19-17-15-13-11-9-7-2/h9,11,15,17-18,20,22-23,38,41,45,47,56H,6-8,10,12-14,16,19,21,24-37,39-40,42-44,46,48-55H2,1-5H3/b11-9-,17-15-,20-18-,23-22-,41-38-,47-45-. The molecule has 0 amide bonds. The minimum Gasteiger partial charge on any atom is -0.756 e. The van der Waals surface area contributed by atoms with Gasteiger partial charge < -0.3 is 27.9 Å². The third kappa shape index (κ3) is 52.8. The van der Waals surface area contributed by atoms with Crippen molar-refractivity contribution in [2.45, 2.75) is 238 Å². The van der Waals surface area contributed by atoms with Crippen LogP contribution in [0.5, 0.6) is 0 Å². The first-order chi connectivity index (χ1) is 33.0. The topological polar surface area (TPSA) is 111 Å². The number of quaternary nitrogens is 1. The van der Waals surface area contributed by atoms with Crippen molar-refractivity contribution in [2.24, 2.45) is 0 Å². The molecule has 0 radical (unpaired) electrons. The lowest BCUT2D eigenvalue weighted by Crippen LogP contribution is -2.37. The summed E-state index contributed by atoms with van der Waals surface area (Å²) in [5.41, 5.74) is 0. The number of phosphoric ester groups is 1. The van der Waals surface area contributed by atoms with Gasteiger partial charge in [-0.25, -0.2) is 0 Å². The van der Waals surface area contributed by atoms with E-state index in [2.05, 4.69) is 74.6 Å². The number of rotatable bonds is 50. The van der Waals surface area contributed by atoms with E-state index in [-0.39, 0.29) is 26.1 Å². The Morgan fingerprint density at radius 1 is 0.471 bits per heavy atom. The van der Waals surface area contributed by atoms with Gasteiger partial charge in [0.25, 0.3) is 7.82 Å². The van der Waals surface area contributed by atoms with Crippen LogP contribution >= 0.6 is 7.82 Å². The molecule has 0 fully saturated rings. The molecule has 0 aromatic rings. The fraction of sp³-hybridized carbons (Fsp3) is 0.759. The number of ether oxygens (including phenoxy) is 2. The molecule has 68 heavy (non-hydrogen) atoms. The second kappa shape index (κ2) is 49.4. The van der Waals surface area contributed by atoms with Crippen LogP contribution in [0.2, 0.25) is 0 Å². The molecule has 394 valence electrons. The summed E-state index contributed by atoms with van der Waals surface area (Å²) in [5, 5.41) is 0. The van der Waals surface area contributed by atoms with Crippen LogP contribution in [0, 0.1) is 0 Å². The highest BCUT2D eigenvalue weighted by Crippen LogP contribution is 2.38. The number of hydrogen-bond acceptors (Lipinski definition) is 8. The summed E-state index contributed by atoms with van der Waals surface area (Å²) in [6.07, 6.45) is 64.2. The van der Waals surface area contributed by atoms with Gasteiger partial charge in [-0.1, -0.05) is 222 Å². The van der Waals surface area contributed by atoms with Crippen molar-refractivity contribution in [3.63, 3.8) is 0 Å². The lowest BCUT2D eigenvalue weighted by molar-refractivity contribution is -0.870. The van der Waals surface area contributed by atoms with Crippen molar-refractivity contribution in [1.82, 2.24) is 0 Å². The average Bonchev–Trinajstić information content (AvgIpc) is 3.30. The molecule has 2 unspecified atom stereocenters. The number of unbranched alkanes of at least 4 members (excludes halogenated alkanes) is 24. The van der Waals surface area contributed by atoms with Crippen molar-refractivity contribution >= 4 is 19.8 Å². The summed E-state index contributed by atoms with van der Waals surface area (Å²) in [4.78, 5) is 37.6. The molecule has 0 aliphatic rings. The Balaban J connectivity index is 4.06. The normalized spacial score (nSPS) is 13.9. The van der Waals surface area contributed by atoms with E-state index < -0.39 is 32.5 Å². The third-order valence-corrected chi connectivity index (χ3v) is 12.7. The second-order valence-corrected chi connectivity index (χ2v) is 21.0. The predicted molar refractivity (Wildman–Crippen MR) is 286 cm³/mol. The third-order valence-electron chi connectivity index (χ3n) is 11.7. The minimum absolute atomic E-state index is 0.0452. The summed E-state index contributed by atoms with van der Waals surface area (Å²) in [6, 6.07) is 0.